The highest BCUT2D eigenvalue weighted by Gasteiger charge is 2.19. The van der Waals surface area contributed by atoms with Gasteiger partial charge in [-0.05, 0) is 38.3 Å². The van der Waals surface area contributed by atoms with Crippen molar-refractivity contribution in [1.82, 2.24) is 10.2 Å². The molecule has 2 rings (SSSR count). The molecule has 1 amide bonds. The van der Waals surface area contributed by atoms with Gasteiger partial charge in [-0.15, -0.1) is 0 Å². The fourth-order valence-electron chi connectivity index (χ4n) is 2.58. The molecule has 0 aliphatic carbocycles. The zero-order chi connectivity index (χ0) is 14.5. The molecule has 1 aromatic rings. The van der Waals surface area contributed by atoms with E-state index in [1.54, 1.807) is 6.07 Å². The average Bonchev–Trinajstić information content (AvgIpc) is 2.45. The summed E-state index contributed by atoms with van der Waals surface area (Å²) < 4.78 is 0. The standard InChI is InChI=1S/C15H22N2O3/c1-11(15-12(18)6-5-7-13(15)19)16-10-14(20)17-8-3-2-4-9-17/h5-7,11,16,18-19H,2-4,8-10H2,1H3. The molecular formula is C15H22N2O3. The van der Waals surface area contributed by atoms with Crippen LogP contribution >= 0.6 is 0 Å². The number of amides is 1. The third-order valence-corrected chi connectivity index (χ3v) is 3.76. The zero-order valence-electron chi connectivity index (χ0n) is 11.8. The predicted molar refractivity (Wildman–Crippen MR) is 76.6 cm³/mol. The van der Waals surface area contributed by atoms with Crippen molar-refractivity contribution in [3.63, 3.8) is 0 Å². The van der Waals surface area contributed by atoms with Crippen molar-refractivity contribution < 1.29 is 15.0 Å². The van der Waals surface area contributed by atoms with Crippen LogP contribution in [0.4, 0.5) is 0 Å². The van der Waals surface area contributed by atoms with E-state index in [0.717, 1.165) is 25.9 Å². The van der Waals surface area contributed by atoms with E-state index in [0.29, 0.717) is 5.56 Å². The van der Waals surface area contributed by atoms with Gasteiger partial charge in [0.05, 0.1) is 12.1 Å². The Kier molecular flexibility index (Phi) is 4.84. The molecule has 1 aliphatic heterocycles. The van der Waals surface area contributed by atoms with Crippen LogP contribution in [0.5, 0.6) is 11.5 Å². The average molecular weight is 278 g/mol. The van der Waals surface area contributed by atoms with Gasteiger partial charge < -0.3 is 20.4 Å². The van der Waals surface area contributed by atoms with E-state index >= 15 is 0 Å². The summed E-state index contributed by atoms with van der Waals surface area (Å²) in [4.78, 5) is 13.9. The highest BCUT2D eigenvalue weighted by molar-refractivity contribution is 5.78. The van der Waals surface area contributed by atoms with Gasteiger partial charge in [-0.25, -0.2) is 0 Å². The quantitative estimate of drug-likeness (QED) is 0.784. The first-order valence-corrected chi connectivity index (χ1v) is 7.11. The van der Waals surface area contributed by atoms with Crippen LogP contribution in [0.2, 0.25) is 0 Å². The first-order valence-electron chi connectivity index (χ1n) is 7.11. The smallest absolute Gasteiger partial charge is 0.236 e. The van der Waals surface area contributed by atoms with Crippen molar-refractivity contribution in [1.29, 1.82) is 0 Å². The van der Waals surface area contributed by atoms with E-state index in [1.165, 1.54) is 18.6 Å². The number of hydrogen-bond donors (Lipinski definition) is 3. The number of aromatic hydroxyl groups is 2. The number of rotatable bonds is 4. The highest BCUT2D eigenvalue weighted by Crippen LogP contribution is 2.31. The minimum absolute atomic E-state index is 0.0374. The molecular weight excluding hydrogens is 256 g/mol. The second kappa shape index (κ2) is 6.61. The molecule has 3 N–H and O–H groups in total. The number of piperidine rings is 1. The number of phenolic OH excluding ortho intramolecular Hbond substituents is 2. The van der Waals surface area contributed by atoms with Gasteiger partial charge in [-0.1, -0.05) is 6.07 Å². The van der Waals surface area contributed by atoms with Crippen molar-refractivity contribution in [2.24, 2.45) is 0 Å². The molecule has 0 aromatic heterocycles. The van der Waals surface area contributed by atoms with E-state index in [1.807, 2.05) is 11.8 Å². The Hall–Kier alpha value is -1.75. The van der Waals surface area contributed by atoms with Crippen LogP contribution < -0.4 is 5.32 Å². The van der Waals surface area contributed by atoms with Gasteiger partial charge in [-0.2, -0.15) is 0 Å². The largest absolute Gasteiger partial charge is 0.507 e. The summed E-state index contributed by atoms with van der Waals surface area (Å²) >= 11 is 0. The summed E-state index contributed by atoms with van der Waals surface area (Å²) in [7, 11) is 0. The first-order chi connectivity index (χ1) is 9.59. The number of hydrogen-bond acceptors (Lipinski definition) is 4. The molecule has 0 radical (unpaired) electrons. The lowest BCUT2D eigenvalue weighted by atomic mass is 10.1. The summed E-state index contributed by atoms with van der Waals surface area (Å²) in [6.45, 7) is 3.70. The van der Waals surface area contributed by atoms with Gasteiger partial charge in [0.25, 0.3) is 0 Å². The topological polar surface area (TPSA) is 72.8 Å². The van der Waals surface area contributed by atoms with E-state index < -0.39 is 0 Å². The first kappa shape index (κ1) is 14.7. The van der Waals surface area contributed by atoms with Crippen molar-refractivity contribution in [2.45, 2.75) is 32.2 Å². The summed E-state index contributed by atoms with van der Waals surface area (Å²) in [5.74, 6) is 0.150. The normalized spacial score (nSPS) is 16.9. The number of carbonyl (C=O) groups excluding carboxylic acids is 1. The fraction of sp³-hybridized carbons (Fsp3) is 0.533. The van der Waals surface area contributed by atoms with Crippen molar-refractivity contribution in [3.05, 3.63) is 23.8 Å². The summed E-state index contributed by atoms with van der Waals surface area (Å²) in [6.07, 6.45) is 3.34. The van der Waals surface area contributed by atoms with E-state index in [9.17, 15) is 15.0 Å². The third-order valence-electron chi connectivity index (χ3n) is 3.76. The third kappa shape index (κ3) is 3.42. The van der Waals surface area contributed by atoms with Crippen LogP contribution in [0.1, 0.15) is 37.8 Å². The lowest BCUT2D eigenvalue weighted by molar-refractivity contribution is -0.131. The molecule has 5 heteroatoms. The van der Waals surface area contributed by atoms with Crippen LogP contribution in [-0.4, -0.2) is 40.7 Å². The maximum absolute atomic E-state index is 12.0. The minimum atomic E-state index is -0.287. The second-order valence-electron chi connectivity index (χ2n) is 5.25. The molecule has 0 bridgehead atoms. The molecule has 1 fully saturated rings. The Morgan fingerprint density at radius 2 is 1.85 bits per heavy atom. The molecule has 1 atom stereocenters. The van der Waals surface area contributed by atoms with Gasteiger partial charge in [0.15, 0.2) is 0 Å². The monoisotopic (exact) mass is 278 g/mol. The van der Waals surface area contributed by atoms with Crippen molar-refractivity contribution >= 4 is 5.91 Å². The molecule has 1 saturated heterocycles. The Balaban J connectivity index is 1.91. The minimum Gasteiger partial charge on any atom is -0.507 e. The Morgan fingerprint density at radius 3 is 2.45 bits per heavy atom. The number of phenols is 2. The van der Waals surface area contributed by atoms with Gasteiger partial charge >= 0.3 is 0 Å². The number of nitrogens with one attached hydrogen (secondary N) is 1. The molecule has 1 heterocycles. The lowest BCUT2D eigenvalue weighted by Gasteiger charge is -2.27. The van der Waals surface area contributed by atoms with Crippen LogP contribution in [0.3, 0.4) is 0 Å². The van der Waals surface area contributed by atoms with Crippen molar-refractivity contribution in [2.75, 3.05) is 19.6 Å². The second-order valence-corrected chi connectivity index (χ2v) is 5.25. The SMILES string of the molecule is CC(NCC(=O)N1CCCCC1)c1c(O)cccc1O. The van der Waals surface area contributed by atoms with Crippen LogP contribution in [-0.2, 0) is 4.79 Å². The summed E-state index contributed by atoms with van der Waals surface area (Å²) in [5, 5.41) is 22.6. The molecule has 1 aromatic carbocycles. The number of carbonyl (C=O) groups is 1. The fourth-order valence-corrected chi connectivity index (χ4v) is 2.58. The molecule has 5 nitrogen and oxygen atoms in total. The van der Waals surface area contributed by atoms with Crippen molar-refractivity contribution in [3.8, 4) is 11.5 Å². The van der Waals surface area contributed by atoms with Gasteiger partial charge in [-0.3, -0.25) is 4.79 Å². The summed E-state index contributed by atoms with van der Waals surface area (Å²) in [5.41, 5.74) is 0.430. The van der Waals surface area contributed by atoms with Gasteiger partial charge in [0, 0.05) is 19.1 Å². The maximum Gasteiger partial charge on any atom is 0.236 e. The Bertz CT molecular complexity index is 450. The molecule has 0 spiro atoms. The lowest BCUT2D eigenvalue weighted by Crippen LogP contribution is -2.41. The zero-order valence-corrected chi connectivity index (χ0v) is 11.8. The van der Waals surface area contributed by atoms with Gasteiger partial charge in [0.1, 0.15) is 11.5 Å². The van der Waals surface area contributed by atoms with E-state index in [-0.39, 0.29) is 30.0 Å². The Morgan fingerprint density at radius 1 is 1.25 bits per heavy atom. The number of nitrogens with zero attached hydrogens (tertiary/aromatic N) is 1. The van der Waals surface area contributed by atoms with E-state index in [4.69, 9.17) is 0 Å². The molecule has 1 aliphatic rings. The van der Waals surface area contributed by atoms with Gasteiger partial charge in [0.2, 0.25) is 5.91 Å². The Labute approximate surface area is 119 Å². The van der Waals surface area contributed by atoms with E-state index in [2.05, 4.69) is 5.32 Å². The molecule has 1 unspecified atom stereocenters. The van der Waals surface area contributed by atoms with Crippen LogP contribution in [0.25, 0.3) is 0 Å². The van der Waals surface area contributed by atoms with Crippen LogP contribution in [0, 0.1) is 0 Å². The summed E-state index contributed by atoms with van der Waals surface area (Å²) in [6, 6.07) is 4.35. The molecule has 110 valence electrons. The maximum atomic E-state index is 12.0. The number of benzene rings is 1. The number of likely N-dealkylation sites (tertiary alicyclic amines) is 1. The predicted octanol–water partition coefficient (Wildman–Crippen LogP) is 1.76. The molecule has 20 heavy (non-hydrogen) atoms. The highest BCUT2D eigenvalue weighted by atomic mass is 16.3. The van der Waals surface area contributed by atoms with Crippen LogP contribution in [0.15, 0.2) is 18.2 Å². The molecule has 0 saturated carbocycles.